The van der Waals surface area contributed by atoms with E-state index in [9.17, 15) is 15.3 Å². The maximum absolute atomic E-state index is 9.37. The summed E-state index contributed by atoms with van der Waals surface area (Å²) in [5.41, 5.74) is 8.11. The number of ether oxygens (including phenoxy) is 1. The van der Waals surface area contributed by atoms with E-state index < -0.39 is 37.3 Å². The van der Waals surface area contributed by atoms with Gasteiger partial charge in [-0.15, -0.1) is 0 Å². The van der Waals surface area contributed by atoms with E-state index in [1.807, 2.05) is 0 Å². The van der Waals surface area contributed by atoms with Gasteiger partial charge in [0.25, 0.3) is 0 Å². The molecule has 0 aromatic carbocycles. The van der Waals surface area contributed by atoms with Gasteiger partial charge < -0.3 is 25.2 Å². The molecule has 1 unspecified atom stereocenters. The van der Waals surface area contributed by atoms with Crippen LogP contribution in [0.5, 0.6) is 0 Å². The Morgan fingerprint density at radius 2 is 1.93 bits per heavy atom. The smallest absolute Gasteiger partial charge is 0.166 e. The van der Waals surface area contributed by atoms with Crippen molar-refractivity contribution in [2.75, 3.05) is 6.61 Å². The normalized spacial score (nSPS) is 43.0. The zero-order valence-corrected chi connectivity index (χ0v) is 7.13. The predicted octanol–water partition coefficient (Wildman–Crippen LogP) is -1.90. The lowest BCUT2D eigenvalue weighted by Gasteiger charge is -2.37. The van der Waals surface area contributed by atoms with Gasteiger partial charge in [0.15, 0.2) is 6.29 Å². The third-order valence-corrected chi connectivity index (χ3v) is 2.05. The van der Waals surface area contributed by atoms with Gasteiger partial charge in [-0.3, -0.25) is 0 Å². The highest BCUT2D eigenvalue weighted by molar-refractivity contribution is 4.92. The van der Waals surface area contributed by atoms with E-state index in [0.29, 0.717) is 0 Å². The molecular weight excluding hydrogens is 194 g/mol. The highest BCUT2D eigenvalue weighted by atomic mass is 16.6. The van der Waals surface area contributed by atoms with Crippen molar-refractivity contribution in [1.29, 1.82) is 0 Å². The summed E-state index contributed by atoms with van der Waals surface area (Å²) in [6.45, 7) is -0.543. The third kappa shape index (κ3) is 1.95. The molecule has 8 heteroatoms. The van der Waals surface area contributed by atoms with Crippen LogP contribution in [0.4, 0.5) is 0 Å². The van der Waals surface area contributed by atoms with Gasteiger partial charge in [-0.2, -0.15) is 0 Å². The van der Waals surface area contributed by atoms with Gasteiger partial charge in [-0.25, -0.2) is 0 Å². The van der Waals surface area contributed by atoms with E-state index >= 15 is 0 Å². The summed E-state index contributed by atoms with van der Waals surface area (Å²) in [6.07, 6.45) is -5.45. The van der Waals surface area contributed by atoms with Gasteiger partial charge in [-0.1, -0.05) is 5.11 Å². The average Bonchev–Trinajstić information content (AvgIpc) is 2.18. The summed E-state index contributed by atoms with van der Waals surface area (Å²) < 4.78 is 4.71. The van der Waals surface area contributed by atoms with Crippen molar-refractivity contribution >= 4 is 0 Å². The second-order valence-corrected chi connectivity index (χ2v) is 2.92. The average molecular weight is 205 g/mol. The molecule has 1 heterocycles. The SMILES string of the molecule is [N-]=[N+]=N[C@H]1C(O)O[C@H](CO)[C@H](O)[C@@H]1O. The van der Waals surface area contributed by atoms with Crippen molar-refractivity contribution < 1.29 is 25.2 Å². The maximum Gasteiger partial charge on any atom is 0.166 e. The van der Waals surface area contributed by atoms with Crippen LogP contribution in [0.2, 0.25) is 0 Å². The quantitative estimate of drug-likeness (QED) is 0.237. The van der Waals surface area contributed by atoms with Crippen molar-refractivity contribution in [2.24, 2.45) is 5.11 Å². The van der Waals surface area contributed by atoms with E-state index in [2.05, 4.69) is 10.0 Å². The van der Waals surface area contributed by atoms with Crippen LogP contribution in [0, 0.1) is 0 Å². The van der Waals surface area contributed by atoms with Crippen molar-refractivity contribution in [2.45, 2.75) is 30.6 Å². The van der Waals surface area contributed by atoms with E-state index in [1.54, 1.807) is 0 Å². The summed E-state index contributed by atoms with van der Waals surface area (Å²) >= 11 is 0. The molecule has 0 saturated carbocycles. The van der Waals surface area contributed by atoms with Crippen molar-refractivity contribution in [3.63, 3.8) is 0 Å². The molecule has 4 N–H and O–H groups in total. The van der Waals surface area contributed by atoms with E-state index in [0.717, 1.165) is 0 Å². The molecule has 0 spiro atoms. The van der Waals surface area contributed by atoms with Gasteiger partial charge in [0, 0.05) is 4.91 Å². The van der Waals surface area contributed by atoms with Crippen LogP contribution in [0.25, 0.3) is 10.4 Å². The van der Waals surface area contributed by atoms with Crippen LogP contribution >= 0.6 is 0 Å². The van der Waals surface area contributed by atoms with E-state index in [4.69, 9.17) is 15.4 Å². The maximum atomic E-state index is 9.37. The zero-order valence-electron chi connectivity index (χ0n) is 7.13. The van der Waals surface area contributed by atoms with Gasteiger partial charge in [0.05, 0.1) is 12.7 Å². The molecule has 5 atom stereocenters. The minimum absolute atomic E-state index is 0.543. The summed E-state index contributed by atoms with van der Waals surface area (Å²) in [7, 11) is 0. The molecule has 14 heavy (non-hydrogen) atoms. The van der Waals surface area contributed by atoms with Gasteiger partial charge in [0.2, 0.25) is 0 Å². The Hall–Kier alpha value is -0.890. The first-order valence-corrected chi connectivity index (χ1v) is 3.96. The summed E-state index contributed by atoms with van der Waals surface area (Å²) in [6, 6.07) is -1.27. The molecule has 1 saturated heterocycles. The standard InChI is InChI=1S/C6H11N3O5/c7-9-8-3-5(12)4(11)2(1-10)14-6(3)13/h2-6,10-13H,1H2/t2-,3-,4+,5-,6?/m1/s1. The summed E-state index contributed by atoms with van der Waals surface area (Å²) in [5, 5.41) is 39.7. The van der Waals surface area contributed by atoms with E-state index in [1.165, 1.54) is 0 Å². The first kappa shape index (κ1) is 11.2. The largest absolute Gasteiger partial charge is 0.394 e. The van der Waals surface area contributed by atoms with Crippen molar-refractivity contribution in [3.05, 3.63) is 10.4 Å². The van der Waals surface area contributed by atoms with Crippen LogP contribution in [0.15, 0.2) is 5.11 Å². The fourth-order valence-electron chi connectivity index (χ4n) is 1.27. The Kier molecular flexibility index (Phi) is 3.64. The predicted molar refractivity (Wildman–Crippen MR) is 42.9 cm³/mol. The van der Waals surface area contributed by atoms with Crippen LogP contribution in [0.3, 0.4) is 0 Å². The zero-order chi connectivity index (χ0) is 10.7. The second-order valence-electron chi connectivity index (χ2n) is 2.92. The number of hydrogen-bond acceptors (Lipinski definition) is 6. The van der Waals surface area contributed by atoms with Crippen molar-refractivity contribution in [1.82, 2.24) is 0 Å². The van der Waals surface area contributed by atoms with Crippen LogP contribution in [0.1, 0.15) is 0 Å². The molecule has 1 aliphatic heterocycles. The Labute approximate surface area is 79.0 Å². The molecule has 1 aliphatic rings. The van der Waals surface area contributed by atoms with Crippen LogP contribution in [-0.2, 0) is 4.74 Å². The van der Waals surface area contributed by atoms with Gasteiger partial charge in [0.1, 0.15) is 18.2 Å². The topological polar surface area (TPSA) is 139 Å². The summed E-state index contributed by atoms with van der Waals surface area (Å²) in [5.74, 6) is 0. The molecule has 0 amide bonds. The Morgan fingerprint density at radius 1 is 1.29 bits per heavy atom. The minimum Gasteiger partial charge on any atom is -0.394 e. The second kappa shape index (κ2) is 4.56. The number of hydrogen-bond donors (Lipinski definition) is 4. The number of aliphatic hydroxyl groups is 4. The first-order chi connectivity index (χ1) is 6.61. The molecule has 1 fully saturated rings. The molecular formula is C6H11N3O5. The first-order valence-electron chi connectivity index (χ1n) is 3.96. The number of azide groups is 1. The van der Waals surface area contributed by atoms with Gasteiger partial charge >= 0.3 is 0 Å². The molecule has 8 nitrogen and oxygen atoms in total. The van der Waals surface area contributed by atoms with Crippen molar-refractivity contribution in [3.8, 4) is 0 Å². The lowest BCUT2D eigenvalue weighted by molar-refractivity contribution is -0.248. The fourth-order valence-corrected chi connectivity index (χ4v) is 1.27. The van der Waals surface area contributed by atoms with E-state index in [-0.39, 0.29) is 0 Å². The Bertz CT molecular complexity index is 244. The molecule has 0 radical (unpaired) electrons. The monoisotopic (exact) mass is 205 g/mol. The third-order valence-electron chi connectivity index (χ3n) is 2.05. The summed E-state index contributed by atoms with van der Waals surface area (Å²) in [4.78, 5) is 2.40. The highest BCUT2D eigenvalue weighted by Crippen LogP contribution is 2.21. The number of nitrogens with zero attached hydrogens (tertiary/aromatic N) is 3. The van der Waals surface area contributed by atoms with Crippen LogP contribution < -0.4 is 0 Å². The van der Waals surface area contributed by atoms with Crippen LogP contribution in [-0.4, -0.2) is 57.7 Å². The Morgan fingerprint density at radius 3 is 2.43 bits per heavy atom. The highest BCUT2D eigenvalue weighted by Gasteiger charge is 2.43. The Balaban J connectivity index is 2.78. The number of aliphatic hydroxyl groups excluding tert-OH is 4. The lowest BCUT2D eigenvalue weighted by Crippen LogP contribution is -2.57. The molecule has 0 bridgehead atoms. The molecule has 0 aliphatic carbocycles. The molecule has 80 valence electrons. The molecule has 1 rings (SSSR count). The van der Waals surface area contributed by atoms with Gasteiger partial charge in [-0.05, 0) is 5.53 Å². The molecule has 0 aromatic rings. The minimum atomic E-state index is -1.53. The number of rotatable bonds is 2. The lowest BCUT2D eigenvalue weighted by atomic mass is 9.98. The fraction of sp³-hybridized carbons (Fsp3) is 1.00. The molecule has 0 aromatic heterocycles.